The number of nitrogen functional groups attached to an aromatic ring is 1. The minimum Gasteiger partial charge on any atom is -0.489 e. The Balaban J connectivity index is 1.61. The maximum atomic E-state index is 11.9. The van der Waals surface area contributed by atoms with E-state index in [1.165, 1.54) is 0 Å². The molecule has 0 aliphatic heterocycles. The summed E-state index contributed by atoms with van der Waals surface area (Å²) in [5.41, 5.74) is 11.2. The second-order valence-corrected chi connectivity index (χ2v) is 6.99. The molecule has 2 N–H and O–H groups in total. The molecule has 0 aliphatic carbocycles. The number of furan rings is 1. The van der Waals surface area contributed by atoms with Crippen LogP contribution < -0.4 is 10.5 Å². The molecule has 0 aliphatic rings. The van der Waals surface area contributed by atoms with Crippen LogP contribution in [0.3, 0.4) is 0 Å². The number of anilines is 1. The van der Waals surface area contributed by atoms with E-state index in [1.54, 1.807) is 13.2 Å². The lowest BCUT2D eigenvalue weighted by molar-refractivity contribution is -0.142. The largest absolute Gasteiger partial charge is 0.489 e. The molecule has 0 atom stereocenters. The van der Waals surface area contributed by atoms with Crippen molar-refractivity contribution in [2.45, 2.75) is 20.0 Å². The summed E-state index contributed by atoms with van der Waals surface area (Å²) in [6.07, 6.45) is 1.86. The molecule has 0 saturated heterocycles. The van der Waals surface area contributed by atoms with E-state index in [2.05, 4.69) is 6.07 Å². The zero-order valence-corrected chi connectivity index (χ0v) is 16.8. The van der Waals surface area contributed by atoms with Crippen molar-refractivity contribution in [3.63, 3.8) is 0 Å². The highest BCUT2D eigenvalue weighted by molar-refractivity contribution is 5.93. The van der Waals surface area contributed by atoms with Crippen molar-refractivity contribution in [1.29, 1.82) is 0 Å². The second kappa shape index (κ2) is 8.74. The first kappa shape index (κ1) is 19.6. The van der Waals surface area contributed by atoms with Crippen LogP contribution in [-0.2, 0) is 22.6 Å². The molecule has 0 saturated carbocycles. The maximum Gasteiger partial charge on any atom is 0.310 e. The molecule has 30 heavy (non-hydrogen) atoms. The molecule has 0 amide bonds. The molecule has 4 aromatic rings. The van der Waals surface area contributed by atoms with Crippen LogP contribution in [0.5, 0.6) is 5.75 Å². The predicted molar refractivity (Wildman–Crippen MR) is 117 cm³/mol. The molecule has 1 aromatic heterocycles. The van der Waals surface area contributed by atoms with Crippen molar-refractivity contribution in [2.24, 2.45) is 0 Å². The van der Waals surface area contributed by atoms with Gasteiger partial charge in [0.2, 0.25) is 0 Å². The molecule has 0 unspecified atom stereocenters. The van der Waals surface area contributed by atoms with Crippen LogP contribution in [-0.4, -0.2) is 12.6 Å². The van der Waals surface area contributed by atoms with Crippen LogP contribution in [0.1, 0.15) is 18.1 Å². The topological polar surface area (TPSA) is 74.7 Å². The van der Waals surface area contributed by atoms with Gasteiger partial charge in [-0.15, -0.1) is 0 Å². The summed E-state index contributed by atoms with van der Waals surface area (Å²) in [5.74, 6) is 0.403. The molecular formula is C25H23NO4. The Hall–Kier alpha value is -3.73. The van der Waals surface area contributed by atoms with Crippen LogP contribution in [0.2, 0.25) is 0 Å². The van der Waals surface area contributed by atoms with E-state index in [-0.39, 0.29) is 12.4 Å². The van der Waals surface area contributed by atoms with Gasteiger partial charge in [0.05, 0.1) is 19.3 Å². The Morgan fingerprint density at radius 2 is 1.90 bits per heavy atom. The van der Waals surface area contributed by atoms with E-state index < -0.39 is 0 Å². The van der Waals surface area contributed by atoms with Gasteiger partial charge in [0, 0.05) is 22.2 Å². The van der Waals surface area contributed by atoms with Crippen molar-refractivity contribution >= 4 is 22.6 Å². The van der Waals surface area contributed by atoms with Crippen molar-refractivity contribution < 1.29 is 18.7 Å². The van der Waals surface area contributed by atoms with Gasteiger partial charge in [-0.1, -0.05) is 30.3 Å². The number of esters is 1. The van der Waals surface area contributed by atoms with Gasteiger partial charge in [-0.25, -0.2) is 0 Å². The first-order valence-corrected chi connectivity index (χ1v) is 9.86. The minimum atomic E-state index is -0.266. The summed E-state index contributed by atoms with van der Waals surface area (Å²) in [7, 11) is 0. The van der Waals surface area contributed by atoms with E-state index >= 15 is 0 Å². The Morgan fingerprint density at radius 1 is 1.03 bits per heavy atom. The molecular weight excluding hydrogens is 378 g/mol. The third kappa shape index (κ3) is 4.30. The highest BCUT2D eigenvalue weighted by Gasteiger charge is 2.12. The van der Waals surface area contributed by atoms with Gasteiger partial charge in [-0.3, -0.25) is 4.79 Å². The average molecular weight is 401 g/mol. The van der Waals surface area contributed by atoms with Gasteiger partial charge in [0.25, 0.3) is 0 Å². The number of carbonyl (C=O) groups excluding carboxylic acids is 1. The first-order valence-electron chi connectivity index (χ1n) is 9.86. The summed E-state index contributed by atoms with van der Waals surface area (Å²) in [4.78, 5) is 11.9. The number of rotatable bonds is 7. The molecule has 5 nitrogen and oxygen atoms in total. The van der Waals surface area contributed by atoms with Crippen LogP contribution >= 0.6 is 0 Å². The lowest BCUT2D eigenvalue weighted by Crippen LogP contribution is -2.09. The summed E-state index contributed by atoms with van der Waals surface area (Å²) < 4.78 is 16.9. The van der Waals surface area contributed by atoms with Gasteiger partial charge in [-0.05, 0) is 54.4 Å². The fourth-order valence-corrected chi connectivity index (χ4v) is 3.47. The standard InChI is InChI=1S/C25H23NO4/c1-2-28-24(27)15-19-6-3-4-9-23(19)30-16-17-12-20-10-11-29-25(20)22(13-17)18-7-5-8-21(26)14-18/h3-14H,2,15-16,26H2,1H3. The van der Waals surface area contributed by atoms with Crippen molar-refractivity contribution in [3.8, 4) is 16.9 Å². The third-order valence-corrected chi connectivity index (χ3v) is 4.82. The van der Waals surface area contributed by atoms with Crippen molar-refractivity contribution in [1.82, 2.24) is 0 Å². The van der Waals surface area contributed by atoms with E-state index in [9.17, 15) is 4.79 Å². The smallest absolute Gasteiger partial charge is 0.310 e. The number of hydrogen-bond acceptors (Lipinski definition) is 5. The van der Waals surface area contributed by atoms with Gasteiger partial charge < -0.3 is 19.6 Å². The molecule has 1 heterocycles. The van der Waals surface area contributed by atoms with Crippen LogP contribution in [0, 0.1) is 0 Å². The zero-order valence-electron chi connectivity index (χ0n) is 16.8. The van der Waals surface area contributed by atoms with Gasteiger partial charge in [-0.2, -0.15) is 0 Å². The lowest BCUT2D eigenvalue weighted by Gasteiger charge is -2.13. The molecule has 0 spiro atoms. The average Bonchev–Trinajstić information content (AvgIpc) is 3.21. The van der Waals surface area contributed by atoms with Crippen LogP contribution in [0.4, 0.5) is 5.69 Å². The quantitative estimate of drug-likeness (QED) is 0.333. The van der Waals surface area contributed by atoms with Crippen molar-refractivity contribution in [3.05, 3.63) is 84.1 Å². The van der Waals surface area contributed by atoms with Gasteiger partial charge >= 0.3 is 5.97 Å². The Kier molecular flexibility index (Phi) is 5.70. The first-order chi connectivity index (χ1) is 14.6. The van der Waals surface area contributed by atoms with Crippen LogP contribution in [0.25, 0.3) is 22.1 Å². The summed E-state index contributed by atoms with van der Waals surface area (Å²) >= 11 is 0. The Labute approximate surface area is 175 Å². The monoisotopic (exact) mass is 401 g/mol. The van der Waals surface area contributed by atoms with Gasteiger partial charge in [0.15, 0.2) is 0 Å². The number of ether oxygens (including phenoxy) is 2. The number of nitrogens with two attached hydrogens (primary N) is 1. The molecule has 0 radical (unpaired) electrons. The number of benzene rings is 3. The molecule has 0 bridgehead atoms. The third-order valence-electron chi connectivity index (χ3n) is 4.82. The summed E-state index contributed by atoms with van der Waals surface area (Å²) in [6, 6.07) is 21.3. The lowest BCUT2D eigenvalue weighted by atomic mass is 10.00. The minimum absolute atomic E-state index is 0.180. The van der Waals surface area contributed by atoms with E-state index in [0.29, 0.717) is 24.7 Å². The fraction of sp³-hybridized carbons (Fsp3) is 0.160. The maximum absolute atomic E-state index is 11.9. The van der Waals surface area contributed by atoms with Crippen molar-refractivity contribution in [2.75, 3.05) is 12.3 Å². The van der Waals surface area contributed by atoms with E-state index in [4.69, 9.17) is 19.6 Å². The van der Waals surface area contributed by atoms with Crippen LogP contribution in [0.15, 0.2) is 77.4 Å². The fourth-order valence-electron chi connectivity index (χ4n) is 3.47. The number of fused-ring (bicyclic) bond motifs is 1. The highest BCUT2D eigenvalue weighted by Crippen LogP contribution is 2.32. The second-order valence-electron chi connectivity index (χ2n) is 6.99. The zero-order chi connectivity index (χ0) is 20.9. The normalized spacial score (nSPS) is 10.8. The Morgan fingerprint density at radius 3 is 2.73 bits per heavy atom. The SMILES string of the molecule is CCOC(=O)Cc1ccccc1OCc1cc(-c2cccc(N)c2)c2occc2c1. The van der Waals surface area contributed by atoms with E-state index in [0.717, 1.165) is 33.2 Å². The van der Waals surface area contributed by atoms with Gasteiger partial charge in [0.1, 0.15) is 17.9 Å². The van der Waals surface area contributed by atoms with E-state index in [1.807, 2.05) is 60.7 Å². The number of carbonyl (C=O) groups is 1. The predicted octanol–water partition coefficient (Wildman–Crippen LogP) is 5.37. The molecule has 4 rings (SSSR count). The molecule has 0 fully saturated rings. The number of para-hydroxylation sites is 1. The molecule has 3 aromatic carbocycles. The summed E-state index contributed by atoms with van der Waals surface area (Å²) in [5, 5.41) is 0.994. The number of hydrogen-bond donors (Lipinski definition) is 1. The Bertz CT molecular complexity index is 1180. The highest BCUT2D eigenvalue weighted by atomic mass is 16.5. The molecule has 152 valence electrons. The molecule has 5 heteroatoms. The summed E-state index contributed by atoms with van der Waals surface area (Å²) in [6.45, 7) is 2.51.